The number of hydrazine groups is 1. The van der Waals surface area contributed by atoms with Gasteiger partial charge in [0.05, 0.1) is 10.7 Å². The van der Waals surface area contributed by atoms with Crippen LogP contribution in [0.5, 0.6) is 0 Å². The number of hydrogen-bond acceptors (Lipinski definition) is 5. The standard InChI is InChI=1S/C10H12F6N4O3S2/c1-4-6(24-5(2)18-4)25(22,23)19-20(7(17)21)10(15,16)8(3,11)9(12,13)14/h19H,1-3H3,(H2,17,21). The van der Waals surface area contributed by atoms with Crippen LogP contribution in [0.3, 0.4) is 0 Å². The van der Waals surface area contributed by atoms with E-state index in [2.05, 4.69) is 10.7 Å². The molecule has 0 aliphatic heterocycles. The lowest BCUT2D eigenvalue weighted by Gasteiger charge is -2.37. The number of aryl methyl sites for hydroxylation is 2. The molecule has 2 amide bonds. The highest BCUT2D eigenvalue weighted by atomic mass is 32.2. The van der Waals surface area contributed by atoms with Crippen molar-refractivity contribution >= 4 is 27.4 Å². The van der Waals surface area contributed by atoms with E-state index in [1.54, 1.807) is 0 Å². The van der Waals surface area contributed by atoms with Gasteiger partial charge < -0.3 is 5.73 Å². The number of alkyl halides is 6. The second-order valence-corrected chi connectivity index (χ2v) is 7.98. The summed E-state index contributed by atoms with van der Waals surface area (Å²) in [5.41, 5.74) is -0.936. The highest BCUT2D eigenvalue weighted by Gasteiger charge is 2.72. The number of nitrogens with zero attached hydrogens (tertiary/aromatic N) is 2. The fourth-order valence-corrected chi connectivity index (χ4v) is 4.06. The minimum absolute atomic E-state index is 0.165. The lowest BCUT2D eigenvalue weighted by Crippen LogP contribution is -2.68. The van der Waals surface area contributed by atoms with Gasteiger partial charge in [-0.15, -0.1) is 16.2 Å². The van der Waals surface area contributed by atoms with Gasteiger partial charge in [-0.05, 0) is 20.8 Å². The van der Waals surface area contributed by atoms with E-state index in [1.165, 1.54) is 13.8 Å². The summed E-state index contributed by atoms with van der Waals surface area (Å²) in [6.07, 6.45) is -6.13. The summed E-state index contributed by atoms with van der Waals surface area (Å²) in [4.78, 5) is 15.7. The summed E-state index contributed by atoms with van der Waals surface area (Å²) < 4.78 is 103. The Morgan fingerprint density at radius 1 is 1.20 bits per heavy atom. The number of aromatic nitrogens is 1. The Morgan fingerprint density at radius 3 is 2.00 bits per heavy atom. The molecule has 1 heterocycles. The number of carbonyl (C=O) groups excluding carboxylic acids is 1. The van der Waals surface area contributed by atoms with Crippen molar-refractivity contribution in [2.24, 2.45) is 5.73 Å². The Bertz CT molecular complexity index is 774. The smallest absolute Gasteiger partial charge is 0.350 e. The summed E-state index contributed by atoms with van der Waals surface area (Å²) >= 11 is 0.497. The average Bonchev–Trinajstić information content (AvgIpc) is 2.74. The van der Waals surface area contributed by atoms with Crippen LogP contribution in [0.2, 0.25) is 0 Å². The van der Waals surface area contributed by atoms with E-state index in [9.17, 15) is 39.6 Å². The fraction of sp³-hybridized carbons (Fsp3) is 0.600. The monoisotopic (exact) mass is 414 g/mol. The first kappa shape index (κ1) is 21.4. The maximum Gasteiger partial charge on any atom is 0.430 e. The van der Waals surface area contributed by atoms with Crippen molar-refractivity contribution in [3.05, 3.63) is 10.7 Å². The third-order valence-electron chi connectivity index (χ3n) is 2.91. The molecule has 0 spiro atoms. The zero-order chi connectivity index (χ0) is 20.0. The van der Waals surface area contributed by atoms with Gasteiger partial charge in [-0.25, -0.2) is 22.6 Å². The molecule has 1 rings (SSSR count). The van der Waals surface area contributed by atoms with Gasteiger partial charge in [0.25, 0.3) is 15.7 Å². The maximum atomic E-state index is 14.0. The number of sulfonamides is 1. The molecule has 7 nitrogen and oxygen atoms in total. The Hall–Kier alpha value is -1.61. The highest BCUT2D eigenvalue weighted by molar-refractivity contribution is 7.91. The van der Waals surface area contributed by atoms with Crippen LogP contribution in [-0.2, 0) is 10.0 Å². The molecule has 1 aromatic rings. The van der Waals surface area contributed by atoms with Crippen molar-refractivity contribution in [2.45, 2.75) is 42.9 Å². The molecule has 144 valence electrons. The van der Waals surface area contributed by atoms with E-state index >= 15 is 0 Å². The minimum Gasteiger partial charge on any atom is -0.350 e. The van der Waals surface area contributed by atoms with Gasteiger partial charge in [-0.3, -0.25) is 0 Å². The summed E-state index contributed by atoms with van der Waals surface area (Å²) in [6, 6.07) is -8.03. The van der Waals surface area contributed by atoms with Gasteiger partial charge in [0.15, 0.2) is 4.21 Å². The van der Waals surface area contributed by atoms with E-state index in [1.807, 2.05) is 0 Å². The molecule has 0 aromatic carbocycles. The molecule has 0 fully saturated rings. The van der Waals surface area contributed by atoms with E-state index in [0.717, 1.165) is 4.83 Å². The van der Waals surface area contributed by atoms with Crippen molar-refractivity contribution in [1.82, 2.24) is 14.8 Å². The van der Waals surface area contributed by atoms with E-state index in [0.29, 0.717) is 11.3 Å². The molecule has 0 radical (unpaired) electrons. The van der Waals surface area contributed by atoms with Crippen LogP contribution in [0.4, 0.5) is 31.1 Å². The average molecular weight is 414 g/mol. The van der Waals surface area contributed by atoms with Gasteiger partial charge >= 0.3 is 18.3 Å². The third kappa shape index (κ3) is 3.82. The van der Waals surface area contributed by atoms with E-state index < -0.39 is 50.1 Å². The van der Waals surface area contributed by atoms with Crippen LogP contribution in [0.1, 0.15) is 17.6 Å². The Labute approximate surface area is 141 Å². The minimum atomic E-state index is -6.13. The molecule has 15 heteroatoms. The number of halogens is 6. The van der Waals surface area contributed by atoms with Crippen LogP contribution in [0.25, 0.3) is 0 Å². The van der Waals surface area contributed by atoms with Crippen molar-refractivity contribution in [3.8, 4) is 0 Å². The number of urea groups is 1. The molecule has 0 saturated heterocycles. The molecule has 1 atom stereocenters. The summed E-state index contributed by atoms with van der Waals surface area (Å²) in [5.74, 6) is 0. The number of nitrogens with two attached hydrogens (primary N) is 1. The van der Waals surface area contributed by atoms with Crippen LogP contribution in [-0.4, -0.2) is 42.3 Å². The molecule has 0 saturated carbocycles. The quantitative estimate of drug-likeness (QED) is 0.438. The normalized spacial score (nSPS) is 15.7. The number of thiazole rings is 1. The molecule has 1 unspecified atom stereocenters. The Morgan fingerprint density at radius 2 is 1.68 bits per heavy atom. The van der Waals surface area contributed by atoms with Crippen molar-refractivity contribution in [3.63, 3.8) is 0 Å². The van der Waals surface area contributed by atoms with Crippen molar-refractivity contribution in [2.75, 3.05) is 0 Å². The first-order chi connectivity index (χ1) is 10.9. The molecule has 0 aliphatic carbocycles. The molecular weight excluding hydrogens is 402 g/mol. The zero-order valence-corrected chi connectivity index (χ0v) is 14.4. The number of hydrogen-bond donors (Lipinski definition) is 2. The fourth-order valence-electron chi connectivity index (χ4n) is 1.54. The molecular formula is C10H12F6N4O3S2. The second-order valence-electron chi connectivity index (χ2n) is 4.92. The second kappa shape index (κ2) is 6.28. The van der Waals surface area contributed by atoms with Crippen molar-refractivity contribution < 1.29 is 39.6 Å². The predicted molar refractivity (Wildman–Crippen MR) is 73.8 cm³/mol. The van der Waals surface area contributed by atoms with Gasteiger partial charge in [0.2, 0.25) is 0 Å². The number of rotatable bonds is 5. The third-order valence-corrected chi connectivity index (χ3v) is 5.90. The van der Waals surface area contributed by atoms with Gasteiger partial charge in [-0.2, -0.15) is 27.0 Å². The summed E-state index contributed by atoms with van der Waals surface area (Å²) in [7, 11) is -4.99. The number of amides is 2. The van der Waals surface area contributed by atoms with Crippen molar-refractivity contribution in [1.29, 1.82) is 0 Å². The number of carbonyl (C=O) groups is 1. The van der Waals surface area contributed by atoms with Crippen LogP contribution in [0, 0.1) is 13.8 Å². The Kier molecular flexibility index (Phi) is 5.38. The summed E-state index contributed by atoms with van der Waals surface area (Å²) in [6.45, 7) is 2.00. The largest absolute Gasteiger partial charge is 0.430 e. The van der Waals surface area contributed by atoms with Crippen LogP contribution >= 0.6 is 11.3 Å². The summed E-state index contributed by atoms with van der Waals surface area (Å²) in [5, 5.41) is -1.22. The number of nitrogens with one attached hydrogen (secondary N) is 1. The lowest BCUT2D eigenvalue weighted by atomic mass is 10.1. The number of primary amides is 1. The molecule has 0 bridgehead atoms. The first-order valence-corrected chi connectivity index (χ1v) is 8.44. The van der Waals surface area contributed by atoms with Gasteiger partial charge in [-0.1, -0.05) is 0 Å². The highest BCUT2D eigenvalue weighted by Crippen LogP contribution is 2.46. The lowest BCUT2D eigenvalue weighted by molar-refractivity contribution is -0.329. The topological polar surface area (TPSA) is 105 Å². The van der Waals surface area contributed by atoms with E-state index in [-0.39, 0.29) is 10.7 Å². The zero-order valence-electron chi connectivity index (χ0n) is 12.8. The van der Waals surface area contributed by atoms with Gasteiger partial charge in [0.1, 0.15) is 0 Å². The predicted octanol–water partition coefficient (Wildman–Crippen LogP) is 2.22. The van der Waals surface area contributed by atoms with E-state index in [4.69, 9.17) is 0 Å². The SMILES string of the molecule is Cc1nc(C)c(S(=O)(=O)NN(C(N)=O)C(F)(F)C(C)(F)C(F)(F)F)s1. The Balaban J connectivity index is 3.39. The van der Waals surface area contributed by atoms with Gasteiger partial charge in [0, 0.05) is 0 Å². The molecule has 0 aliphatic rings. The molecule has 25 heavy (non-hydrogen) atoms. The maximum absolute atomic E-state index is 14.0. The van der Waals surface area contributed by atoms with Crippen LogP contribution < -0.4 is 10.6 Å². The molecule has 3 N–H and O–H groups in total. The van der Waals surface area contributed by atoms with Crippen LogP contribution in [0.15, 0.2) is 4.21 Å². The first-order valence-electron chi connectivity index (χ1n) is 6.14. The molecule has 1 aromatic heterocycles.